The molecule has 0 bridgehead atoms. The van der Waals surface area contributed by atoms with E-state index in [1.807, 2.05) is 25.0 Å². The van der Waals surface area contributed by atoms with Gasteiger partial charge in [0.05, 0.1) is 13.2 Å². The number of phenolic OH excluding ortho intramolecular Hbond substituents is 1. The minimum atomic E-state index is -0.0735. The summed E-state index contributed by atoms with van der Waals surface area (Å²) in [7, 11) is 0. The fourth-order valence-corrected chi connectivity index (χ4v) is 2.27. The van der Waals surface area contributed by atoms with Crippen molar-refractivity contribution in [1.29, 1.82) is 0 Å². The fraction of sp³-hybridized carbons (Fsp3) is 0.133. The standard InChI is InChI=1S/C15H12BNO3/c1-16-13-5-3-11(7-10(13)9-19-16)20-12-4-6-14(17-2)15(18)8-12/h3-8,18H,9H2,1H3. The molecule has 4 nitrogen and oxygen atoms in total. The molecule has 3 rings (SSSR count). The van der Waals surface area contributed by atoms with E-state index in [1.165, 1.54) is 17.6 Å². The first-order chi connectivity index (χ1) is 9.67. The van der Waals surface area contributed by atoms with E-state index in [0.29, 0.717) is 18.1 Å². The lowest BCUT2D eigenvalue weighted by Gasteiger charge is -2.08. The molecule has 5 heteroatoms. The second-order valence-electron chi connectivity index (χ2n) is 4.68. The maximum Gasteiger partial charge on any atom is 0.324 e. The van der Waals surface area contributed by atoms with Gasteiger partial charge in [-0.1, -0.05) is 12.9 Å². The molecule has 0 amide bonds. The first-order valence-electron chi connectivity index (χ1n) is 6.30. The molecule has 2 aromatic carbocycles. The lowest BCUT2D eigenvalue weighted by Crippen LogP contribution is -2.23. The van der Waals surface area contributed by atoms with E-state index < -0.39 is 0 Å². The molecule has 1 aliphatic rings. The summed E-state index contributed by atoms with van der Waals surface area (Å²) < 4.78 is 11.2. The van der Waals surface area contributed by atoms with E-state index in [9.17, 15) is 5.11 Å². The average molecular weight is 265 g/mol. The van der Waals surface area contributed by atoms with Gasteiger partial charge in [0.25, 0.3) is 0 Å². The first kappa shape index (κ1) is 12.6. The number of aromatic hydroxyl groups is 1. The smallest absolute Gasteiger partial charge is 0.324 e. The van der Waals surface area contributed by atoms with Gasteiger partial charge in [0.2, 0.25) is 5.69 Å². The Hall–Kier alpha value is -2.45. The summed E-state index contributed by atoms with van der Waals surface area (Å²) in [6.07, 6.45) is 0. The Labute approximate surface area is 117 Å². The quantitative estimate of drug-likeness (QED) is 0.670. The van der Waals surface area contributed by atoms with Gasteiger partial charge in [-0.25, -0.2) is 4.85 Å². The topological polar surface area (TPSA) is 43.0 Å². The van der Waals surface area contributed by atoms with Crippen molar-refractivity contribution in [2.24, 2.45) is 0 Å². The van der Waals surface area contributed by atoms with E-state index in [2.05, 4.69) is 4.85 Å². The van der Waals surface area contributed by atoms with Crippen LogP contribution < -0.4 is 10.2 Å². The molecule has 0 unspecified atom stereocenters. The predicted molar refractivity (Wildman–Crippen MR) is 76.9 cm³/mol. The van der Waals surface area contributed by atoms with Crippen LogP contribution in [0.2, 0.25) is 6.82 Å². The summed E-state index contributed by atoms with van der Waals surface area (Å²) in [6, 6.07) is 10.5. The minimum absolute atomic E-state index is 0.0735. The molecule has 0 saturated carbocycles. The van der Waals surface area contributed by atoms with Crippen molar-refractivity contribution in [3.05, 3.63) is 53.4 Å². The van der Waals surface area contributed by atoms with Gasteiger partial charge < -0.3 is 14.5 Å². The highest BCUT2D eigenvalue weighted by Crippen LogP contribution is 2.32. The maximum atomic E-state index is 9.65. The zero-order valence-electron chi connectivity index (χ0n) is 11.0. The number of hydrogen-bond acceptors (Lipinski definition) is 3. The van der Waals surface area contributed by atoms with Gasteiger partial charge >= 0.3 is 6.92 Å². The van der Waals surface area contributed by atoms with Crippen LogP contribution in [0.15, 0.2) is 36.4 Å². The van der Waals surface area contributed by atoms with Crippen molar-refractivity contribution < 1.29 is 14.5 Å². The third-order valence-electron chi connectivity index (χ3n) is 3.34. The fourth-order valence-electron chi connectivity index (χ4n) is 2.27. The van der Waals surface area contributed by atoms with Gasteiger partial charge in [0.1, 0.15) is 17.2 Å². The summed E-state index contributed by atoms with van der Waals surface area (Å²) >= 11 is 0. The van der Waals surface area contributed by atoms with Crippen LogP contribution in [-0.2, 0) is 11.3 Å². The molecular weight excluding hydrogens is 253 g/mol. The summed E-state index contributed by atoms with van der Waals surface area (Å²) in [5.74, 6) is 1.12. The van der Waals surface area contributed by atoms with Gasteiger partial charge in [0, 0.05) is 6.07 Å². The van der Waals surface area contributed by atoms with Gasteiger partial charge in [-0.15, -0.1) is 0 Å². The van der Waals surface area contributed by atoms with E-state index in [4.69, 9.17) is 16.0 Å². The third-order valence-corrected chi connectivity index (χ3v) is 3.34. The Bertz CT molecular complexity index is 709. The van der Waals surface area contributed by atoms with Gasteiger partial charge in [-0.05, 0) is 35.3 Å². The Morgan fingerprint density at radius 2 is 2.00 bits per heavy atom. The number of hydrogen-bond donors (Lipinski definition) is 1. The number of fused-ring (bicyclic) bond motifs is 1. The molecule has 1 heterocycles. The van der Waals surface area contributed by atoms with Crippen LogP contribution in [0.25, 0.3) is 4.85 Å². The van der Waals surface area contributed by atoms with E-state index >= 15 is 0 Å². The number of phenols is 1. The van der Waals surface area contributed by atoms with Gasteiger partial charge in [-0.3, -0.25) is 0 Å². The highest BCUT2D eigenvalue weighted by Gasteiger charge is 2.23. The molecule has 0 aliphatic carbocycles. The molecule has 0 fully saturated rings. The zero-order chi connectivity index (χ0) is 14.1. The second-order valence-corrected chi connectivity index (χ2v) is 4.68. The van der Waals surface area contributed by atoms with Crippen LogP contribution in [0.5, 0.6) is 17.2 Å². The molecule has 1 aliphatic heterocycles. The lowest BCUT2D eigenvalue weighted by molar-refractivity contribution is 0.333. The summed E-state index contributed by atoms with van der Waals surface area (Å²) in [5.41, 5.74) is 2.52. The van der Waals surface area contributed by atoms with Crippen LogP contribution in [0, 0.1) is 6.57 Å². The molecule has 98 valence electrons. The van der Waals surface area contributed by atoms with Crippen LogP contribution in [0.1, 0.15) is 5.56 Å². The first-order valence-corrected chi connectivity index (χ1v) is 6.30. The summed E-state index contributed by atoms with van der Waals surface area (Å²) in [5, 5.41) is 9.65. The average Bonchev–Trinajstić information content (AvgIpc) is 2.80. The van der Waals surface area contributed by atoms with Gasteiger partial charge in [-0.2, -0.15) is 0 Å². The highest BCUT2D eigenvalue weighted by atomic mass is 16.5. The van der Waals surface area contributed by atoms with E-state index in [1.54, 1.807) is 6.07 Å². The normalized spacial score (nSPS) is 12.9. The predicted octanol–water partition coefficient (Wildman–Crippen LogP) is 3.09. The maximum absolute atomic E-state index is 9.65. The van der Waals surface area contributed by atoms with Crippen LogP contribution >= 0.6 is 0 Å². The number of rotatable bonds is 2. The molecule has 0 aromatic heterocycles. The summed E-state index contributed by atoms with van der Waals surface area (Å²) in [4.78, 5) is 3.20. The molecule has 1 N–H and O–H groups in total. The van der Waals surface area contributed by atoms with Crippen molar-refractivity contribution in [3.8, 4) is 17.2 Å². The van der Waals surface area contributed by atoms with E-state index in [0.717, 1.165) is 5.56 Å². The Balaban J connectivity index is 1.85. The Morgan fingerprint density at radius 1 is 1.25 bits per heavy atom. The Kier molecular flexibility index (Phi) is 3.09. The number of ether oxygens (including phenoxy) is 1. The highest BCUT2D eigenvalue weighted by molar-refractivity contribution is 6.67. The zero-order valence-corrected chi connectivity index (χ0v) is 11.0. The largest absolute Gasteiger partial charge is 0.519 e. The summed E-state index contributed by atoms with van der Waals surface area (Å²) in [6.45, 7) is 9.63. The Morgan fingerprint density at radius 3 is 2.75 bits per heavy atom. The molecule has 2 aromatic rings. The van der Waals surface area contributed by atoms with Crippen molar-refractivity contribution in [2.45, 2.75) is 13.4 Å². The van der Waals surface area contributed by atoms with Crippen molar-refractivity contribution >= 4 is 18.1 Å². The third kappa shape index (κ3) is 2.22. The molecule has 0 saturated heterocycles. The second kappa shape index (κ2) is 4.91. The van der Waals surface area contributed by atoms with Crippen LogP contribution in [-0.4, -0.2) is 12.0 Å². The molecule has 0 atom stereocenters. The molecule has 0 spiro atoms. The van der Waals surface area contributed by atoms with Crippen molar-refractivity contribution in [1.82, 2.24) is 0 Å². The van der Waals surface area contributed by atoms with Crippen molar-refractivity contribution in [2.75, 3.05) is 0 Å². The van der Waals surface area contributed by atoms with E-state index in [-0.39, 0.29) is 18.4 Å². The molecule has 20 heavy (non-hydrogen) atoms. The number of benzene rings is 2. The van der Waals surface area contributed by atoms with Crippen LogP contribution in [0.4, 0.5) is 5.69 Å². The SMILES string of the molecule is [C-]#[N+]c1ccc(Oc2ccc3c(c2)COB3C)cc1O. The van der Waals surface area contributed by atoms with Gasteiger partial charge in [0.15, 0.2) is 0 Å². The monoisotopic (exact) mass is 265 g/mol. The number of nitrogens with zero attached hydrogens (tertiary/aromatic N) is 1. The molecule has 0 radical (unpaired) electrons. The van der Waals surface area contributed by atoms with Crippen LogP contribution in [0.3, 0.4) is 0 Å². The lowest BCUT2D eigenvalue weighted by atomic mass is 9.64. The van der Waals surface area contributed by atoms with Crippen molar-refractivity contribution in [3.63, 3.8) is 0 Å². The molecular formula is C15H12BNO3. The minimum Gasteiger partial charge on any atom is -0.519 e.